The lowest BCUT2D eigenvalue weighted by Crippen LogP contribution is -2.46. The van der Waals surface area contributed by atoms with Crippen LogP contribution in [-0.2, 0) is 5.60 Å². The minimum atomic E-state index is -0.655. The molecule has 2 atom stereocenters. The smallest absolute Gasteiger partial charge is 0.0932 e. The fraction of sp³-hybridized carbons (Fsp3) is 0.412. The Morgan fingerprint density at radius 1 is 0.947 bits per heavy atom. The summed E-state index contributed by atoms with van der Waals surface area (Å²) in [6.07, 6.45) is 4.10. The number of benzene rings is 2. The van der Waals surface area contributed by atoms with Gasteiger partial charge in [0.25, 0.3) is 0 Å². The van der Waals surface area contributed by atoms with E-state index in [2.05, 4.69) is 47.8 Å². The maximum atomic E-state index is 11.2. The molecule has 2 heterocycles. The first-order chi connectivity index (χ1) is 9.24. The standard InChI is InChI=1S/C17H19NO/c19-17(10-13-8-9-14(11-17)18-13)16-7-3-5-12-4-1-2-6-15(12)16/h1-7,13-14,18-19H,8-11H2. The fourth-order valence-corrected chi connectivity index (χ4v) is 3.97. The Labute approximate surface area is 113 Å². The van der Waals surface area contributed by atoms with Gasteiger partial charge in [-0.2, -0.15) is 0 Å². The summed E-state index contributed by atoms with van der Waals surface area (Å²) in [5, 5.41) is 17.2. The first-order valence-corrected chi connectivity index (χ1v) is 7.21. The normalized spacial score (nSPS) is 33.7. The average Bonchev–Trinajstić information content (AvgIpc) is 2.78. The van der Waals surface area contributed by atoms with E-state index in [-0.39, 0.29) is 0 Å². The van der Waals surface area contributed by atoms with Gasteiger partial charge in [0.15, 0.2) is 0 Å². The quantitative estimate of drug-likeness (QED) is 0.819. The second-order valence-corrected chi connectivity index (χ2v) is 6.10. The molecule has 0 radical (unpaired) electrons. The fourth-order valence-electron chi connectivity index (χ4n) is 3.97. The third-order valence-electron chi connectivity index (χ3n) is 4.79. The number of nitrogens with one attached hydrogen (secondary N) is 1. The van der Waals surface area contributed by atoms with Crippen LogP contribution in [0.15, 0.2) is 42.5 Å². The van der Waals surface area contributed by atoms with Crippen molar-refractivity contribution in [2.45, 2.75) is 43.4 Å². The van der Waals surface area contributed by atoms with Gasteiger partial charge in [-0.1, -0.05) is 42.5 Å². The molecule has 2 heteroatoms. The molecule has 0 saturated carbocycles. The molecule has 2 nitrogen and oxygen atoms in total. The monoisotopic (exact) mass is 253 g/mol. The predicted octanol–water partition coefficient (Wildman–Crippen LogP) is 2.94. The van der Waals surface area contributed by atoms with Crippen LogP contribution in [0, 0.1) is 0 Å². The van der Waals surface area contributed by atoms with Crippen molar-refractivity contribution in [3.05, 3.63) is 48.0 Å². The summed E-state index contributed by atoms with van der Waals surface area (Å²) in [7, 11) is 0. The molecule has 0 spiro atoms. The van der Waals surface area contributed by atoms with Crippen LogP contribution >= 0.6 is 0 Å². The van der Waals surface area contributed by atoms with Crippen molar-refractivity contribution < 1.29 is 5.11 Å². The maximum absolute atomic E-state index is 11.2. The van der Waals surface area contributed by atoms with Gasteiger partial charge < -0.3 is 10.4 Å². The lowest BCUT2D eigenvalue weighted by Gasteiger charge is -2.38. The number of hydrogen-bond acceptors (Lipinski definition) is 2. The first-order valence-electron chi connectivity index (χ1n) is 7.21. The SMILES string of the molecule is OC1(c2cccc3ccccc23)CC2CCC(C1)N2. The van der Waals surface area contributed by atoms with E-state index >= 15 is 0 Å². The number of rotatable bonds is 1. The molecular weight excluding hydrogens is 234 g/mol. The molecule has 0 aliphatic carbocycles. The van der Waals surface area contributed by atoms with Crippen molar-refractivity contribution in [3.8, 4) is 0 Å². The molecule has 0 amide bonds. The van der Waals surface area contributed by atoms with Crippen molar-refractivity contribution in [1.29, 1.82) is 0 Å². The van der Waals surface area contributed by atoms with E-state index in [9.17, 15) is 5.11 Å². The molecule has 2 aliphatic rings. The maximum Gasteiger partial charge on any atom is 0.0932 e. The molecule has 0 aromatic heterocycles. The van der Waals surface area contributed by atoms with Crippen LogP contribution in [0.5, 0.6) is 0 Å². The minimum Gasteiger partial charge on any atom is -0.385 e. The largest absolute Gasteiger partial charge is 0.385 e. The second kappa shape index (κ2) is 4.06. The number of fused-ring (bicyclic) bond motifs is 3. The Morgan fingerprint density at radius 3 is 2.42 bits per heavy atom. The predicted molar refractivity (Wildman–Crippen MR) is 77.0 cm³/mol. The number of aliphatic hydroxyl groups is 1. The highest BCUT2D eigenvalue weighted by molar-refractivity contribution is 5.86. The van der Waals surface area contributed by atoms with Gasteiger partial charge >= 0.3 is 0 Å². The molecule has 2 N–H and O–H groups in total. The lowest BCUT2D eigenvalue weighted by molar-refractivity contribution is -0.0101. The third kappa shape index (κ3) is 1.78. The van der Waals surface area contributed by atoms with Crippen molar-refractivity contribution >= 4 is 10.8 Å². The molecule has 4 rings (SSSR count). The van der Waals surface area contributed by atoms with E-state index < -0.39 is 5.60 Å². The van der Waals surface area contributed by atoms with E-state index in [1.165, 1.54) is 23.6 Å². The molecule has 2 aromatic carbocycles. The van der Waals surface area contributed by atoms with Crippen molar-refractivity contribution in [2.24, 2.45) is 0 Å². The zero-order valence-corrected chi connectivity index (χ0v) is 11.0. The van der Waals surface area contributed by atoms with Crippen LogP contribution in [0.4, 0.5) is 0 Å². The van der Waals surface area contributed by atoms with Crippen LogP contribution in [0.1, 0.15) is 31.2 Å². The van der Waals surface area contributed by atoms with Crippen molar-refractivity contribution in [1.82, 2.24) is 5.32 Å². The molecule has 2 aromatic rings. The van der Waals surface area contributed by atoms with Gasteiger partial charge in [0, 0.05) is 12.1 Å². The summed E-state index contributed by atoms with van der Waals surface area (Å²) in [4.78, 5) is 0. The van der Waals surface area contributed by atoms with Gasteiger partial charge in [-0.15, -0.1) is 0 Å². The third-order valence-corrected chi connectivity index (χ3v) is 4.79. The summed E-state index contributed by atoms with van der Waals surface area (Å²) < 4.78 is 0. The molecule has 2 bridgehead atoms. The van der Waals surface area contributed by atoms with E-state index in [0.29, 0.717) is 12.1 Å². The summed E-state index contributed by atoms with van der Waals surface area (Å²) in [6.45, 7) is 0. The molecule has 2 saturated heterocycles. The van der Waals surface area contributed by atoms with Crippen molar-refractivity contribution in [3.63, 3.8) is 0 Å². The topological polar surface area (TPSA) is 32.3 Å². The lowest BCUT2D eigenvalue weighted by atomic mass is 9.79. The van der Waals surface area contributed by atoms with Gasteiger partial charge in [0.05, 0.1) is 5.60 Å². The molecule has 2 unspecified atom stereocenters. The number of hydrogen-bond donors (Lipinski definition) is 2. The van der Waals surface area contributed by atoms with Crippen LogP contribution in [0.3, 0.4) is 0 Å². The molecule has 19 heavy (non-hydrogen) atoms. The summed E-state index contributed by atoms with van der Waals surface area (Å²) in [5.74, 6) is 0. The summed E-state index contributed by atoms with van der Waals surface area (Å²) >= 11 is 0. The van der Waals surface area contributed by atoms with Crippen LogP contribution in [-0.4, -0.2) is 17.2 Å². The van der Waals surface area contributed by atoms with Gasteiger partial charge in [-0.05, 0) is 42.0 Å². The Morgan fingerprint density at radius 2 is 1.63 bits per heavy atom. The Hall–Kier alpha value is -1.38. The van der Waals surface area contributed by atoms with Gasteiger partial charge in [0.2, 0.25) is 0 Å². The highest BCUT2D eigenvalue weighted by Gasteiger charge is 2.43. The van der Waals surface area contributed by atoms with E-state index in [1.807, 2.05) is 0 Å². The van der Waals surface area contributed by atoms with E-state index in [4.69, 9.17) is 0 Å². The zero-order chi connectivity index (χ0) is 12.9. The van der Waals surface area contributed by atoms with Crippen molar-refractivity contribution in [2.75, 3.05) is 0 Å². The molecule has 98 valence electrons. The highest BCUT2D eigenvalue weighted by atomic mass is 16.3. The van der Waals surface area contributed by atoms with E-state index in [1.54, 1.807) is 0 Å². The van der Waals surface area contributed by atoms with Gasteiger partial charge in [-0.3, -0.25) is 0 Å². The van der Waals surface area contributed by atoms with Crippen LogP contribution < -0.4 is 5.32 Å². The zero-order valence-electron chi connectivity index (χ0n) is 11.0. The van der Waals surface area contributed by atoms with Gasteiger partial charge in [-0.25, -0.2) is 0 Å². The average molecular weight is 253 g/mol. The Kier molecular flexibility index (Phi) is 2.44. The summed E-state index contributed by atoms with van der Waals surface area (Å²) in [6, 6.07) is 15.6. The molecule has 2 aliphatic heterocycles. The molecule has 2 fully saturated rings. The van der Waals surface area contributed by atoms with Crippen LogP contribution in [0.25, 0.3) is 10.8 Å². The second-order valence-electron chi connectivity index (χ2n) is 6.10. The molecular formula is C17H19NO. The van der Waals surface area contributed by atoms with Crippen LogP contribution in [0.2, 0.25) is 0 Å². The number of piperidine rings is 1. The first kappa shape index (κ1) is 11.4. The summed E-state index contributed by atoms with van der Waals surface area (Å²) in [5.41, 5.74) is 0.460. The Balaban J connectivity index is 1.85. The van der Waals surface area contributed by atoms with E-state index in [0.717, 1.165) is 18.4 Å². The minimum absolute atomic E-state index is 0.489. The van der Waals surface area contributed by atoms with Gasteiger partial charge in [0.1, 0.15) is 0 Å². The highest BCUT2D eigenvalue weighted by Crippen LogP contribution is 2.42. The Bertz CT molecular complexity index is 604.